The minimum absolute atomic E-state index is 0.762. The average Bonchev–Trinajstić information content (AvgIpc) is 2.28. The fourth-order valence-corrected chi connectivity index (χ4v) is 1.95. The van der Waals surface area contributed by atoms with Crippen molar-refractivity contribution in [1.29, 1.82) is 0 Å². The number of alkyl halides is 1. The zero-order valence-corrected chi connectivity index (χ0v) is 11.2. The molecule has 0 aromatic heterocycles. The standard InChI is InChI=1S/C14H18Cl2/c1-12(6-4-5-11-15)9-10-13-7-2-3-8-14(13)16/h2-3,7-9H,4-6,10-11H2,1H3/b12-9+. The molecule has 1 aromatic rings. The van der Waals surface area contributed by atoms with E-state index in [-0.39, 0.29) is 0 Å². The van der Waals surface area contributed by atoms with Crippen LogP contribution in [0.25, 0.3) is 0 Å². The molecule has 0 nitrogen and oxygen atoms in total. The molecule has 0 heterocycles. The van der Waals surface area contributed by atoms with Crippen LogP contribution in [0.2, 0.25) is 5.02 Å². The first kappa shape index (κ1) is 13.6. The van der Waals surface area contributed by atoms with Crippen molar-refractivity contribution < 1.29 is 0 Å². The summed E-state index contributed by atoms with van der Waals surface area (Å²) in [6.45, 7) is 2.17. The Balaban J connectivity index is 2.43. The zero-order chi connectivity index (χ0) is 11.8. The lowest BCUT2D eigenvalue weighted by molar-refractivity contribution is 0.789. The molecule has 0 unspecified atom stereocenters. The van der Waals surface area contributed by atoms with Crippen LogP contribution in [0.15, 0.2) is 35.9 Å². The van der Waals surface area contributed by atoms with Gasteiger partial charge in [-0.15, -0.1) is 11.6 Å². The van der Waals surface area contributed by atoms with E-state index in [1.165, 1.54) is 17.6 Å². The van der Waals surface area contributed by atoms with Crippen molar-refractivity contribution in [3.63, 3.8) is 0 Å². The second kappa shape index (κ2) is 7.76. The van der Waals surface area contributed by atoms with E-state index in [1.807, 2.05) is 18.2 Å². The Bertz CT molecular complexity index is 342. The van der Waals surface area contributed by atoms with E-state index in [9.17, 15) is 0 Å². The van der Waals surface area contributed by atoms with E-state index in [4.69, 9.17) is 23.2 Å². The van der Waals surface area contributed by atoms with Crippen molar-refractivity contribution in [2.24, 2.45) is 0 Å². The largest absolute Gasteiger partial charge is 0.127 e. The van der Waals surface area contributed by atoms with Gasteiger partial charge in [-0.25, -0.2) is 0 Å². The number of hydrogen-bond acceptors (Lipinski definition) is 0. The number of hydrogen-bond donors (Lipinski definition) is 0. The second-order valence-electron chi connectivity index (χ2n) is 3.99. The molecule has 0 aliphatic rings. The summed E-state index contributed by atoms with van der Waals surface area (Å²) in [5, 5.41) is 0.854. The van der Waals surface area contributed by atoms with E-state index in [0.29, 0.717) is 0 Å². The highest BCUT2D eigenvalue weighted by atomic mass is 35.5. The maximum absolute atomic E-state index is 6.09. The summed E-state index contributed by atoms with van der Waals surface area (Å²) in [4.78, 5) is 0. The van der Waals surface area contributed by atoms with Gasteiger partial charge in [-0.2, -0.15) is 0 Å². The van der Waals surface area contributed by atoms with Crippen molar-refractivity contribution in [3.05, 3.63) is 46.5 Å². The van der Waals surface area contributed by atoms with Crippen LogP contribution < -0.4 is 0 Å². The monoisotopic (exact) mass is 256 g/mol. The predicted molar refractivity (Wildman–Crippen MR) is 73.5 cm³/mol. The van der Waals surface area contributed by atoms with Gasteiger partial charge in [0.25, 0.3) is 0 Å². The van der Waals surface area contributed by atoms with Gasteiger partial charge in [-0.05, 0) is 44.2 Å². The van der Waals surface area contributed by atoms with Gasteiger partial charge in [0.2, 0.25) is 0 Å². The summed E-state index contributed by atoms with van der Waals surface area (Å²) in [6.07, 6.45) is 6.59. The average molecular weight is 257 g/mol. The van der Waals surface area contributed by atoms with Crippen LogP contribution in [0, 0.1) is 0 Å². The second-order valence-corrected chi connectivity index (χ2v) is 4.78. The molecule has 88 valence electrons. The Kier molecular flexibility index (Phi) is 6.59. The lowest BCUT2D eigenvalue weighted by Crippen LogP contribution is -1.86. The van der Waals surface area contributed by atoms with Gasteiger partial charge in [-0.1, -0.05) is 41.4 Å². The highest BCUT2D eigenvalue weighted by molar-refractivity contribution is 6.31. The third kappa shape index (κ3) is 5.05. The molecule has 0 N–H and O–H groups in total. The van der Waals surface area contributed by atoms with Gasteiger partial charge in [0.1, 0.15) is 0 Å². The third-order valence-electron chi connectivity index (χ3n) is 2.58. The molecule has 0 radical (unpaired) electrons. The minimum atomic E-state index is 0.762. The Morgan fingerprint density at radius 1 is 1.25 bits per heavy atom. The summed E-state index contributed by atoms with van der Waals surface area (Å²) < 4.78 is 0. The number of halogens is 2. The molecule has 0 bridgehead atoms. The fourth-order valence-electron chi connectivity index (χ4n) is 1.55. The van der Waals surface area contributed by atoms with Gasteiger partial charge in [0, 0.05) is 10.9 Å². The van der Waals surface area contributed by atoms with Gasteiger partial charge < -0.3 is 0 Å². The molecule has 0 saturated carbocycles. The first-order valence-electron chi connectivity index (χ1n) is 5.69. The molecule has 0 aliphatic carbocycles. The summed E-state index contributed by atoms with van der Waals surface area (Å²) in [5.74, 6) is 0.762. The molecule has 0 fully saturated rings. The molecule has 0 saturated heterocycles. The molecule has 0 spiro atoms. The molecule has 2 heteroatoms. The number of unbranched alkanes of at least 4 members (excludes halogenated alkanes) is 1. The molecule has 1 rings (SSSR count). The van der Waals surface area contributed by atoms with Gasteiger partial charge in [-0.3, -0.25) is 0 Å². The van der Waals surface area contributed by atoms with Gasteiger partial charge >= 0.3 is 0 Å². The van der Waals surface area contributed by atoms with Crippen LogP contribution in [0.4, 0.5) is 0 Å². The topological polar surface area (TPSA) is 0 Å². The van der Waals surface area contributed by atoms with E-state index in [2.05, 4.69) is 19.1 Å². The maximum atomic E-state index is 6.09. The lowest BCUT2D eigenvalue weighted by Gasteiger charge is -2.02. The number of allylic oxidation sites excluding steroid dienone is 2. The fraction of sp³-hybridized carbons (Fsp3) is 0.429. The highest BCUT2D eigenvalue weighted by Crippen LogP contribution is 2.17. The Morgan fingerprint density at radius 3 is 2.69 bits per heavy atom. The Labute approximate surface area is 108 Å². The third-order valence-corrected chi connectivity index (χ3v) is 3.22. The molecule has 0 amide bonds. The van der Waals surface area contributed by atoms with Gasteiger partial charge in [0.15, 0.2) is 0 Å². The minimum Gasteiger partial charge on any atom is -0.127 e. The molecule has 16 heavy (non-hydrogen) atoms. The number of benzene rings is 1. The van der Waals surface area contributed by atoms with Crippen LogP contribution in [0.3, 0.4) is 0 Å². The first-order valence-corrected chi connectivity index (χ1v) is 6.60. The number of rotatable bonds is 6. The summed E-state index contributed by atoms with van der Waals surface area (Å²) in [5.41, 5.74) is 2.62. The molecular formula is C14H18Cl2. The molecular weight excluding hydrogens is 239 g/mol. The van der Waals surface area contributed by atoms with Crippen molar-refractivity contribution in [2.45, 2.75) is 32.6 Å². The van der Waals surface area contributed by atoms with E-state index in [1.54, 1.807) is 0 Å². The van der Waals surface area contributed by atoms with E-state index < -0.39 is 0 Å². The normalized spacial score (nSPS) is 11.8. The van der Waals surface area contributed by atoms with Crippen LogP contribution in [-0.4, -0.2) is 5.88 Å². The zero-order valence-electron chi connectivity index (χ0n) is 9.68. The summed E-state index contributed by atoms with van der Waals surface area (Å²) >= 11 is 11.7. The first-order chi connectivity index (χ1) is 7.74. The Hall–Kier alpha value is -0.460. The predicted octanol–water partition coefficient (Wildman–Crippen LogP) is 5.24. The smallest absolute Gasteiger partial charge is 0.0441 e. The van der Waals surface area contributed by atoms with Crippen molar-refractivity contribution >= 4 is 23.2 Å². The van der Waals surface area contributed by atoms with Crippen molar-refractivity contribution in [2.75, 3.05) is 5.88 Å². The molecule has 0 aliphatic heterocycles. The molecule has 0 atom stereocenters. The van der Waals surface area contributed by atoms with Crippen LogP contribution in [0.1, 0.15) is 31.7 Å². The Morgan fingerprint density at radius 2 is 2.00 bits per heavy atom. The van der Waals surface area contributed by atoms with Crippen molar-refractivity contribution in [3.8, 4) is 0 Å². The quantitative estimate of drug-likeness (QED) is 0.371. The van der Waals surface area contributed by atoms with E-state index >= 15 is 0 Å². The van der Waals surface area contributed by atoms with Crippen LogP contribution >= 0.6 is 23.2 Å². The van der Waals surface area contributed by atoms with E-state index in [0.717, 1.165) is 30.2 Å². The lowest BCUT2D eigenvalue weighted by atomic mass is 10.1. The van der Waals surface area contributed by atoms with Crippen molar-refractivity contribution in [1.82, 2.24) is 0 Å². The SMILES string of the molecule is C/C(=C\Cc1ccccc1Cl)CCCCCl. The maximum Gasteiger partial charge on any atom is 0.0441 e. The summed E-state index contributed by atoms with van der Waals surface area (Å²) in [6, 6.07) is 8.00. The summed E-state index contributed by atoms with van der Waals surface area (Å²) in [7, 11) is 0. The van der Waals surface area contributed by atoms with Crippen LogP contribution in [-0.2, 0) is 6.42 Å². The molecule has 1 aromatic carbocycles. The van der Waals surface area contributed by atoms with Crippen LogP contribution in [0.5, 0.6) is 0 Å². The van der Waals surface area contributed by atoms with Gasteiger partial charge in [0.05, 0.1) is 0 Å². The highest BCUT2D eigenvalue weighted by Gasteiger charge is 1.97.